The molecule has 0 unspecified atom stereocenters. The molecule has 0 aliphatic carbocycles. The van der Waals surface area contributed by atoms with Crippen LogP contribution in [0.4, 0.5) is 5.82 Å². The highest BCUT2D eigenvalue weighted by Gasteiger charge is 2.06. The summed E-state index contributed by atoms with van der Waals surface area (Å²) in [6, 6.07) is 4.13. The molecule has 6 heteroatoms. The van der Waals surface area contributed by atoms with E-state index in [1.54, 1.807) is 7.11 Å². The Kier molecular flexibility index (Phi) is 5.71. The number of nitrogens with one attached hydrogen (secondary N) is 1. The SMILES string of the molecule is COCCNCc1ccc(N(C)Cc2nccn2C)nc1. The van der Waals surface area contributed by atoms with Gasteiger partial charge in [0.25, 0.3) is 0 Å². The predicted molar refractivity (Wildman–Crippen MR) is 83.1 cm³/mol. The lowest BCUT2D eigenvalue weighted by Gasteiger charge is -2.18. The number of nitrogens with zero attached hydrogens (tertiary/aromatic N) is 4. The standard InChI is InChI=1S/C15H23N5O/c1-19-8-6-17-15(19)12-20(2)14-5-4-13(11-18-14)10-16-7-9-21-3/h4-6,8,11,16H,7,9-10,12H2,1-3H3. The van der Waals surface area contributed by atoms with E-state index in [9.17, 15) is 0 Å². The summed E-state index contributed by atoms with van der Waals surface area (Å²) in [4.78, 5) is 10.9. The van der Waals surface area contributed by atoms with E-state index < -0.39 is 0 Å². The summed E-state index contributed by atoms with van der Waals surface area (Å²) in [6.07, 6.45) is 5.67. The van der Waals surface area contributed by atoms with Gasteiger partial charge in [0.05, 0.1) is 13.2 Å². The number of hydrogen-bond donors (Lipinski definition) is 1. The second-order valence-electron chi connectivity index (χ2n) is 5.00. The van der Waals surface area contributed by atoms with E-state index in [-0.39, 0.29) is 0 Å². The van der Waals surface area contributed by atoms with Crippen molar-refractivity contribution in [1.29, 1.82) is 0 Å². The Balaban J connectivity index is 1.87. The lowest BCUT2D eigenvalue weighted by molar-refractivity contribution is 0.199. The molecule has 0 atom stereocenters. The Hall–Kier alpha value is -1.92. The Morgan fingerprint density at radius 2 is 2.19 bits per heavy atom. The summed E-state index contributed by atoms with van der Waals surface area (Å²) in [5.41, 5.74) is 1.17. The third-order valence-corrected chi connectivity index (χ3v) is 3.31. The number of aromatic nitrogens is 3. The molecular weight excluding hydrogens is 266 g/mol. The third kappa shape index (κ3) is 4.54. The van der Waals surface area contributed by atoms with Crippen molar-refractivity contribution in [2.24, 2.45) is 7.05 Å². The maximum absolute atomic E-state index is 5.00. The lowest BCUT2D eigenvalue weighted by atomic mass is 10.2. The molecule has 2 aromatic heterocycles. The number of aryl methyl sites for hydroxylation is 1. The highest BCUT2D eigenvalue weighted by Crippen LogP contribution is 2.12. The molecule has 0 radical (unpaired) electrons. The minimum absolute atomic E-state index is 0.720. The summed E-state index contributed by atoms with van der Waals surface area (Å²) in [5, 5.41) is 3.30. The van der Waals surface area contributed by atoms with Gasteiger partial charge in [-0.1, -0.05) is 6.07 Å². The molecular formula is C15H23N5O. The van der Waals surface area contributed by atoms with Gasteiger partial charge in [-0.15, -0.1) is 0 Å². The molecule has 21 heavy (non-hydrogen) atoms. The van der Waals surface area contributed by atoms with Gasteiger partial charge in [0, 0.05) is 52.9 Å². The fraction of sp³-hybridized carbons (Fsp3) is 0.467. The van der Waals surface area contributed by atoms with E-state index in [1.807, 2.05) is 43.3 Å². The topological polar surface area (TPSA) is 55.2 Å². The Morgan fingerprint density at radius 1 is 1.33 bits per heavy atom. The van der Waals surface area contributed by atoms with E-state index >= 15 is 0 Å². The first-order valence-corrected chi connectivity index (χ1v) is 7.02. The van der Waals surface area contributed by atoms with Crippen molar-refractivity contribution in [2.75, 3.05) is 32.2 Å². The van der Waals surface area contributed by atoms with Crippen LogP contribution < -0.4 is 10.2 Å². The first kappa shape index (κ1) is 15.5. The first-order chi connectivity index (χ1) is 10.2. The van der Waals surface area contributed by atoms with Gasteiger partial charge in [0.1, 0.15) is 11.6 Å². The van der Waals surface area contributed by atoms with Crippen molar-refractivity contribution in [3.63, 3.8) is 0 Å². The zero-order valence-electron chi connectivity index (χ0n) is 12.9. The van der Waals surface area contributed by atoms with Crippen LogP contribution in [0.15, 0.2) is 30.7 Å². The Morgan fingerprint density at radius 3 is 2.81 bits per heavy atom. The van der Waals surface area contributed by atoms with Crippen LogP contribution in [-0.4, -0.2) is 41.8 Å². The molecule has 1 N–H and O–H groups in total. The number of anilines is 1. The molecule has 0 saturated carbocycles. The summed E-state index contributed by atoms with van der Waals surface area (Å²) in [6.45, 7) is 3.11. The molecule has 2 aromatic rings. The summed E-state index contributed by atoms with van der Waals surface area (Å²) in [5.74, 6) is 1.96. The van der Waals surface area contributed by atoms with Gasteiger partial charge >= 0.3 is 0 Å². The number of rotatable bonds is 8. The van der Waals surface area contributed by atoms with Crippen molar-refractivity contribution in [2.45, 2.75) is 13.1 Å². The van der Waals surface area contributed by atoms with Gasteiger partial charge in [-0.2, -0.15) is 0 Å². The van der Waals surface area contributed by atoms with Gasteiger partial charge < -0.3 is 19.5 Å². The van der Waals surface area contributed by atoms with E-state index in [1.165, 1.54) is 5.56 Å². The van der Waals surface area contributed by atoms with E-state index in [0.29, 0.717) is 0 Å². The lowest BCUT2D eigenvalue weighted by Crippen LogP contribution is -2.21. The number of methoxy groups -OCH3 is 1. The molecule has 2 rings (SSSR count). The zero-order chi connectivity index (χ0) is 15.1. The van der Waals surface area contributed by atoms with Crippen LogP contribution in [0.3, 0.4) is 0 Å². The van der Waals surface area contributed by atoms with Gasteiger partial charge in [0.2, 0.25) is 0 Å². The van der Waals surface area contributed by atoms with Crippen LogP contribution >= 0.6 is 0 Å². The molecule has 0 aliphatic rings. The number of imidazole rings is 1. The highest BCUT2D eigenvalue weighted by atomic mass is 16.5. The van der Waals surface area contributed by atoms with E-state index in [0.717, 1.165) is 37.9 Å². The fourth-order valence-electron chi connectivity index (χ4n) is 2.00. The molecule has 6 nitrogen and oxygen atoms in total. The van der Waals surface area contributed by atoms with E-state index in [2.05, 4.69) is 26.3 Å². The Labute approximate surface area is 125 Å². The average molecular weight is 289 g/mol. The molecule has 0 aliphatic heterocycles. The maximum Gasteiger partial charge on any atom is 0.128 e. The molecule has 0 aromatic carbocycles. The van der Waals surface area contributed by atoms with Crippen LogP contribution in [-0.2, 0) is 24.9 Å². The molecule has 0 amide bonds. The normalized spacial score (nSPS) is 10.8. The number of pyridine rings is 1. The monoisotopic (exact) mass is 289 g/mol. The largest absolute Gasteiger partial charge is 0.383 e. The molecule has 114 valence electrons. The minimum atomic E-state index is 0.720. The van der Waals surface area contributed by atoms with Gasteiger partial charge in [-0.05, 0) is 11.6 Å². The number of ether oxygens (including phenoxy) is 1. The molecule has 2 heterocycles. The predicted octanol–water partition coefficient (Wildman–Crippen LogP) is 1.19. The average Bonchev–Trinajstić information content (AvgIpc) is 2.89. The number of hydrogen-bond acceptors (Lipinski definition) is 5. The second-order valence-corrected chi connectivity index (χ2v) is 5.00. The molecule has 0 fully saturated rings. The van der Waals surface area contributed by atoms with Gasteiger partial charge in [0.15, 0.2) is 0 Å². The molecule has 0 spiro atoms. The molecule has 0 bridgehead atoms. The summed E-state index contributed by atoms with van der Waals surface area (Å²) >= 11 is 0. The zero-order valence-corrected chi connectivity index (χ0v) is 12.9. The van der Waals surface area contributed by atoms with Crippen LogP contribution in [0.25, 0.3) is 0 Å². The first-order valence-electron chi connectivity index (χ1n) is 7.02. The van der Waals surface area contributed by atoms with Crippen molar-refractivity contribution >= 4 is 5.82 Å². The van der Waals surface area contributed by atoms with Crippen molar-refractivity contribution in [3.05, 3.63) is 42.1 Å². The maximum atomic E-state index is 5.00. The van der Waals surface area contributed by atoms with Crippen molar-refractivity contribution in [3.8, 4) is 0 Å². The van der Waals surface area contributed by atoms with Crippen LogP contribution in [0.2, 0.25) is 0 Å². The van der Waals surface area contributed by atoms with Crippen LogP contribution in [0.1, 0.15) is 11.4 Å². The second kappa shape index (κ2) is 7.75. The fourth-order valence-corrected chi connectivity index (χ4v) is 2.00. The van der Waals surface area contributed by atoms with Gasteiger partial charge in [-0.25, -0.2) is 9.97 Å². The molecule has 0 saturated heterocycles. The van der Waals surface area contributed by atoms with E-state index in [4.69, 9.17) is 4.74 Å². The van der Waals surface area contributed by atoms with Crippen molar-refractivity contribution in [1.82, 2.24) is 19.9 Å². The van der Waals surface area contributed by atoms with Crippen LogP contribution in [0, 0.1) is 0 Å². The van der Waals surface area contributed by atoms with Gasteiger partial charge in [-0.3, -0.25) is 0 Å². The summed E-state index contributed by atoms with van der Waals surface area (Å²) in [7, 11) is 5.72. The highest BCUT2D eigenvalue weighted by molar-refractivity contribution is 5.38. The Bertz CT molecular complexity index is 537. The van der Waals surface area contributed by atoms with Crippen LogP contribution in [0.5, 0.6) is 0 Å². The summed E-state index contributed by atoms with van der Waals surface area (Å²) < 4.78 is 7.02. The quantitative estimate of drug-likeness (QED) is 0.740. The van der Waals surface area contributed by atoms with Crippen molar-refractivity contribution < 1.29 is 4.74 Å². The minimum Gasteiger partial charge on any atom is -0.383 e. The third-order valence-electron chi connectivity index (χ3n) is 3.31. The smallest absolute Gasteiger partial charge is 0.128 e.